The van der Waals surface area contributed by atoms with Crippen molar-refractivity contribution in [3.8, 4) is 0 Å². The van der Waals surface area contributed by atoms with E-state index in [0.29, 0.717) is 5.92 Å². The monoisotopic (exact) mass is 300 g/mol. The Bertz CT molecular complexity index is 638. The van der Waals surface area contributed by atoms with Gasteiger partial charge in [-0.1, -0.05) is 20.8 Å². The third-order valence-electron chi connectivity index (χ3n) is 4.43. The SMILES string of the molecule is CN1CCCC(Cn2c(CC(C)(C)C)nc3cccnc32)C1. The van der Waals surface area contributed by atoms with E-state index in [9.17, 15) is 0 Å². The van der Waals surface area contributed by atoms with E-state index in [2.05, 4.69) is 48.3 Å². The summed E-state index contributed by atoms with van der Waals surface area (Å²) in [5.74, 6) is 1.89. The molecule has 3 heterocycles. The number of pyridine rings is 1. The van der Waals surface area contributed by atoms with Gasteiger partial charge in [0.2, 0.25) is 0 Å². The van der Waals surface area contributed by atoms with Crippen LogP contribution in [0.1, 0.15) is 39.4 Å². The molecule has 1 aliphatic heterocycles. The zero-order valence-electron chi connectivity index (χ0n) is 14.3. The van der Waals surface area contributed by atoms with Gasteiger partial charge in [0, 0.05) is 25.7 Å². The second kappa shape index (κ2) is 5.99. The fraction of sp³-hybridized carbons (Fsp3) is 0.667. The summed E-state index contributed by atoms with van der Waals surface area (Å²) in [6.45, 7) is 10.3. The van der Waals surface area contributed by atoms with Gasteiger partial charge in [0.15, 0.2) is 5.65 Å². The summed E-state index contributed by atoms with van der Waals surface area (Å²) < 4.78 is 2.38. The Morgan fingerprint density at radius 1 is 1.32 bits per heavy atom. The Labute approximate surface area is 133 Å². The second-order valence-electron chi connectivity index (χ2n) is 7.99. The molecule has 120 valence electrons. The molecule has 0 spiro atoms. The summed E-state index contributed by atoms with van der Waals surface area (Å²) in [4.78, 5) is 11.9. The lowest BCUT2D eigenvalue weighted by Gasteiger charge is -2.30. The minimum absolute atomic E-state index is 0.239. The van der Waals surface area contributed by atoms with E-state index in [0.717, 1.165) is 24.1 Å². The Morgan fingerprint density at radius 2 is 2.14 bits per heavy atom. The first kappa shape index (κ1) is 15.5. The maximum absolute atomic E-state index is 4.87. The molecular formula is C18H28N4. The first-order valence-electron chi connectivity index (χ1n) is 8.41. The Balaban J connectivity index is 1.93. The van der Waals surface area contributed by atoms with E-state index in [4.69, 9.17) is 4.98 Å². The number of nitrogens with zero attached hydrogens (tertiary/aromatic N) is 4. The van der Waals surface area contributed by atoms with Crippen LogP contribution in [-0.2, 0) is 13.0 Å². The fourth-order valence-electron chi connectivity index (χ4n) is 3.49. The van der Waals surface area contributed by atoms with Gasteiger partial charge in [0.25, 0.3) is 0 Å². The third-order valence-corrected chi connectivity index (χ3v) is 4.43. The third kappa shape index (κ3) is 3.49. The van der Waals surface area contributed by atoms with Crippen molar-refractivity contribution in [3.63, 3.8) is 0 Å². The number of aromatic nitrogens is 3. The molecule has 0 bridgehead atoms. The Kier molecular flexibility index (Phi) is 4.22. The number of hydrogen-bond donors (Lipinski definition) is 0. The molecule has 4 nitrogen and oxygen atoms in total. The predicted molar refractivity (Wildman–Crippen MR) is 90.9 cm³/mol. The van der Waals surface area contributed by atoms with Crippen molar-refractivity contribution in [2.24, 2.45) is 11.3 Å². The molecule has 1 atom stereocenters. The van der Waals surface area contributed by atoms with Gasteiger partial charge in [0.05, 0.1) is 0 Å². The van der Waals surface area contributed by atoms with Gasteiger partial charge < -0.3 is 9.47 Å². The molecule has 22 heavy (non-hydrogen) atoms. The smallest absolute Gasteiger partial charge is 0.159 e. The molecule has 3 rings (SSSR count). The van der Waals surface area contributed by atoms with Crippen LogP contribution in [0.2, 0.25) is 0 Å². The summed E-state index contributed by atoms with van der Waals surface area (Å²) in [5.41, 5.74) is 2.32. The average Bonchev–Trinajstić information content (AvgIpc) is 2.75. The summed E-state index contributed by atoms with van der Waals surface area (Å²) in [6.07, 6.45) is 5.49. The van der Waals surface area contributed by atoms with Crippen LogP contribution in [0.5, 0.6) is 0 Å². The van der Waals surface area contributed by atoms with Crippen molar-refractivity contribution in [2.75, 3.05) is 20.1 Å². The van der Waals surface area contributed by atoms with Crippen molar-refractivity contribution in [1.29, 1.82) is 0 Å². The predicted octanol–water partition coefficient (Wildman–Crippen LogP) is 3.36. The molecular weight excluding hydrogens is 272 g/mol. The average molecular weight is 300 g/mol. The van der Waals surface area contributed by atoms with Gasteiger partial charge in [-0.3, -0.25) is 0 Å². The lowest BCUT2D eigenvalue weighted by molar-refractivity contribution is 0.193. The van der Waals surface area contributed by atoms with Crippen molar-refractivity contribution >= 4 is 11.2 Å². The van der Waals surface area contributed by atoms with Gasteiger partial charge in [-0.25, -0.2) is 9.97 Å². The molecule has 0 saturated carbocycles. The van der Waals surface area contributed by atoms with E-state index >= 15 is 0 Å². The highest BCUT2D eigenvalue weighted by atomic mass is 15.1. The Morgan fingerprint density at radius 3 is 2.86 bits per heavy atom. The molecule has 4 heteroatoms. The topological polar surface area (TPSA) is 34.0 Å². The minimum atomic E-state index is 0.239. The molecule has 0 N–H and O–H groups in total. The van der Waals surface area contributed by atoms with Crippen LogP contribution >= 0.6 is 0 Å². The first-order chi connectivity index (χ1) is 10.4. The van der Waals surface area contributed by atoms with Crippen molar-refractivity contribution < 1.29 is 0 Å². The summed E-state index contributed by atoms with van der Waals surface area (Å²) in [7, 11) is 2.23. The van der Waals surface area contributed by atoms with Crippen LogP contribution in [-0.4, -0.2) is 39.6 Å². The van der Waals surface area contributed by atoms with Crippen LogP contribution in [0.15, 0.2) is 18.3 Å². The molecule has 0 radical (unpaired) electrons. The highest BCUT2D eigenvalue weighted by Crippen LogP contribution is 2.25. The quantitative estimate of drug-likeness (QED) is 0.871. The first-order valence-corrected chi connectivity index (χ1v) is 8.41. The van der Waals surface area contributed by atoms with E-state index in [1.54, 1.807) is 0 Å². The van der Waals surface area contributed by atoms with Gasteiger partial charge in [0.1, 0.15) is 11.3 Å². The lowest BCUT2D eigenvalue weighted by Crippen LogP contribution is -2.34. The largest absolute Gasteiger partial charge is 0.312 e. The van der Waals surface area contributed by atoms with Gasteiger partial charge in [-0.2, -0.15) is 0 Å². The Hall–Kier alpha value is -1.42. The number of hydrogen-bond acceptors (Lipinski definition) is 3. The summed E-state index contributed by atoms with van der Waals surface area (Å²) in [6, 6.07) is 4.06. The maximum atomic E-state index is 4.87. The van der Waals surface area contributed by atoms with Crippen LogP contribution < -0.4 is 0 Å². The zero-order valence-corrected chi connectivity index (χ0v) is 14.3. The van der Waals surface area contributed by atoms with Crippen molar-refractivity contribution in [1.82, 2.24) is 19.4 Å². The van der Waals surface area contributed by atoms with Crippen LogP contribution in [0.25, 0.3) is 11.2 Å². The maximum Gasteiger partial charge on any atom is 0.159 e. The minimum Gasteiger partial charge on any atom is -0.312 e. The molecule has 2 aromatic rings. The van der Waals surface area contributed by atoms with Gasteiger partial charge >= 0.3 is 0 Å². The number of piperidine rings is 1. The lowest BCUT2D eigenvalue weighted by atomic mass is 9.91. The highest BCUT2D eigenvalue weighted by molar-refractivity contribution is 5.71. The number of fused-ring (bicyclic) bond motifs is 1. The van der Waals surface area contributed by atoms with Crippen LogP contribution in [0.4, 0.5) is 0 Å². The number of imidazole rings is 1. The summed E-state index contributed by atoms with van der Waals surface area (Å²) in [5, 5.41) is 0. The second-order valence-corrected chi connectivity index (χ2v) is 7.99. The number of likely N-dealkylation sites (tertiary alicyclic amines) is 1. The van der Waals surface area contributed by atoms with Crippen molar-refractivity contribution in [2.45, 2.75) is 46.6 Å². The van der Waals surface area contributed by atoms with Crippen molar-refractivity contribution in [3.05, 3.63) is 24.2 Å². The molecule has 0 aromatic carbocycles. The molecule has 1 saturated heterocycles. The van der Waals surface area contributed by atoms with E-state index in [1.807, 2.05) is 12.3 Å². The van der Waals surface area contributed by atoms with E-state index < -0.39 is 0 Å². The molecule has 1 aliphatic rings. The fourth-order valence-corrected chi connectivity index (χ4v) is 3.49. The van der Waals surface area contributed by atoms with Gasteiger partial charge in [-0.15, -0.1) is 0 Å². The normalized spacial score (nSPS) is 20.6. The zero-order chi connectivity index (χ0) is 15.7. The summed E-state index contributed by atoms with van der Waals surface area (Å²) >= 11 is 0. The number of rotatable bonds is 3. The van der Waals surface area contributed by atoms with Gasteiger partial charge in [-0.05, 0) is 49.9 Å². The molecule has 1 unspecified atom stereocenters. The highest BCUT2D eigenvalue weighted by Gasteiger charge is 2.23. The van der Waals surface area contributed by atoms with Crippen LogP contribution in [0.3, 0.4) is 0 Å². The molecule has 0 aliphatic carbocycles. The van der Waals surface area contributed by atoms with E-state index in [1.165, 1.54) is 31.8 Å². The molecule has 0 amide bonds. The van der Waals surface area contributed by atoms with E-state index in [-0.39, 0.29) is 5.41 Å². The van der Waals surface area contributed by atoms with Crippen LogP contribution in [0, 0.1) is 11.3 Å². The standard InChI is InChI=1S/C18H28N4/c1-18(2,3)11-16-20-15-8-5-9-19-17(15)22(16)13-14-7-6-10-21(4)12-14/h5,8-9,14H,6-7,10-13H2,1-4H3. The molecule has 2 aromatic heterocycles. The molecule has 1 fully saturated rings.